The van der Waals surface area contributed by atoms with E-state index in [0.29, 0.717) is 6.42 Å². The van der Waals surface area contributed by atoms with Gasteiger partial charge in [0.15, 0.2) is 5.78 Å². The molecule has 1 atom stereocenters. The Hall–Kier alpha value is -0.450. The molecule has 0 heterocycles. The van der Waals surface area contributed by atoms with E-state index < -0.39 is 0 Å². The molecule has 0 rings (SSSR count). The van der Waals surface area contributed by atoms with Gasteiger partial charge in [-0.25, -0.2) is 0 Å². The minimum Gasteiger partial charge on any atom is -0.394 e. The molecule has 4 nitrogen and oxygen atoms in total. The van der Waals surface area contributed by atoms with E-state index in [1.807, 2.05) is 0 Å². The van der Waals surface area contributed by atoms with E-state index in [2.05, 4.69) is 6.92 Å². The average Bonchev–Trinajstić information content (AvgIpc) is 2.65. The number of methoxy groups -OCH3 is 1. The second-order valence-corrected chi connectivity index (χ2v) is 7.44. The van der Waals surface area contributed by atoms with Crippen LogP contribution in [0.5, 0.6) is 0 Å². The first-order chi connectivity index (χ1) is 12.7. The van der Waals surface area contributed by atoms with Gasteiger partial charge in [0.2, 0.25) is 0 Å². The van der Waals surface area contributed by atoms with Crippen LogP contribution in [0.4, 0.5) is 0 Å². The fourth-order valence-corrected chi connectivity index (χ4v) is 3.09. The van der Waals surface area contributed by atoms with E-state index in [1.165, 1.54) is 84.2 Å². The predicted octanol–water partition coefficient (Wildman–Crippen LogP) is 5.45. The fraction of sp³-hybridized carbons (Fsp3) is 0.955. The number of hydrogen-bond acceptors (Lipinski definition) is 4. The molecule has 0 aromatic carbocycles. The molecule has 0 aliphatic rings. The number of Topliss-reactive ketones (excluding diaryl/α,β-unsaturated/α-hetero) is 1. The van der Waals surface area contributed by atoms with Gasteiger partial charge in [-0.1, -0.05) is 90.4 Å². The Kier molecular flexibility index (Phi) is 20.5. The van der Waals surface area contributed by atoms with Crippen molar-refractivity contribution in [3.63, 3.8) is 0 Å². The molecular formula is C22H44O4. The predicted molar refractivity (Wildman–Crippen MR) is 109 cm³/mol. The molecular weight excluding hydrogens is 328 g/mol. The highest BCUT2D eigenvalue weighted by atomic mass is 16.5. The van der Waals surface area contributed by atoms with Crippen LogP contribution in [0.2, 0.25) is 0 Å². The number of ether oxygens (including phenoxy) is 2. The van der Waals surface area contributed by atoms with E-state index in [-0.39, 0.29) is 31.7 Å². The normalized spacial score (nSPS) is 12.4. The maximum absolute atomic E-state index is 11.7. The van der Waals surface area contributed by atoms with Crippen LogP contribution in [-0.4, -0.2) is 43.9 Å². The van der Waals surface area contributed by atoms with Crippen molar-refractivity contribution in [3.8, 4) is 0 Å². The molecule has 26 heavy (non-hydrogen) atoms. The number of rotatable bonds is 21. The molecule has 0 amide bonds. The summed E-state index contributed by atoms with van der Waals surface area (Å²) in [5.74, 6) is 0.150. The second kappa shape index (κ2) is 20.9. The molecule has 0 spiro atoms. The second-order valence-electron chi connectivity index (χ2n) is 7.44. The monoisotopic (exact) mass is 372 g/mol. The highest BCUT2D eigenvalue weighted by Crippen LogP contribution is 2.13. The summed E-state index contributed by atoms with van der Waals surface area (Å²) < 4.78 is 10.3. The first kappa shape index (κ1) is 25.6. The topological polar surface area (TPSA) is 55.8 Å². The average molecular weight is 373 g/mol. The van der Waals surface area contributed by atoms with Crippen molar-refractivity contribution in [2.75, 3.05) is 26.9 Å². The minimum atomic E-state index is -0.330. The van der Waals surface area contributed by atoms with E-state index in [4.69, 9.17) is 14.6 Å². The summed E-state index contributed by atoms with van der Waals surface area (Å²) >= 11 is 0. The van der Waals surface area contributed by atoms with Crippen LogP contribution < -0.4 is 0 Å². The van der Waals surface area contributed by atoms with Gasteiger partial charge in [0.25, 0.3) is 0 Å². The standard InChI is InChI=1S/C22H44O4/c1-3-4-5-6-7-8-9-10-11-12-13-14-15-16-17-21(24)19-26-20-22(18-23)25-2/h22-23H,3-20H2,1-2H3. The van der Waals surface area contributed by atoms with Gasteiger partial charge in [0.1, 0.15) is 12.7 Å². The van der Waals surface area contributed by atoms with E-state index >= 15 is 0 Å². The van der Waals surface area contributed by atoms with Gasteiger partial charge in [-0.2, -0.15) is 0 Å². The maximum Gasteiger partial charge on any atom is 0.158 e. The van der Waals surface area contributed by atoms with Crippen molar-refractivity contribution in [2.45, 2.75) is 109 Å². The van der Waals surface area contributed by atoms with E-state index in [0.717, 1.165) is 12.8 Å². The molecule has 0 saturated carbocycles. The Morgan fingerprint density at radius 3 is 1.69 bits per heavy atom. The molecule has 0 aliphatic carbocycles. The molecule has 0 aromatic heterocycles. The largest absolute Gasteiger partial charge is 0.394 e. The molecule has 0 aliphatic heterocycles. The molecule has 0 radical (unpaired) electrons. The van der Waals surface area contributed by atoms with Gasteiger partial charge < -0.3 is 14.6 Å². The van der Waals surface area contributed by atoms with Crippen molar-refractivity contribution in [3.05, 3.63) is 0 Å². The third-order valence-electron chi connectivity index (χ3n) is 4.91. The highest BCUT2D eigenvalue weighted by Gasteiger charge is 2.07. The molecule has 156 valence electrons. The smallest absolute Gasteiger partial charge is 0.158 e. The SMILES string of the molecule is CCCCCCCCCCCCCCCCC(=O)COCC(CO)OC. The van der Waals surface area contributed by atoms with Crippen LogP contribution in [0.25, 0.3) is 0 Å². The number of hydrogen-bond donors (Lipinski definition) is 1. The summed E-state index contributed by atoms with van der Waals surface area (Å²) in [6.07, 6.45) is 18.8. The van der Waals surface area contributed by atoms with Gasteiger partial charge in [-0.05, 0) is 6.42 Å². The maximum atomic E-state index is 11.7. The van der Waals surface area contributed by atoms with Gasteiger partial charge >= 0.3 is 0 Å². The van der Waals surface area contributed by atoms with Crippen molar-refractivity contribution in [2.24, 2.45) is 0 Å². The van der Waals surface area contributed by atoms with Crippen molar-refractivity contribution < 1.29 is 19.4 Å². The molecule has 1 unspecified atom stereocenters. The van der Waals surface area contributed by atoms with Crippen LogP contribution in [-0.2, 0) is 14.3 Å². The Labute approximate surface area is 162 Å². The Balaban J connectivity index is 3.20. The lowest BCUT2D eigenvalue weighted by Crippen LogP contribution is -2.24. The number of carbonyl (C=O) groups is 1. The molecule has 4 heteroatoms. The van der Waals surface area contributed by atoms with Crippen LogP contribution in [0.1, 0.15) is 103 Å². The molecule has 0 saturated heterocycles. The van der Waals surface area contributed by atoms with Crippen molar-refractivity contribution in [1.82, 2.24) is 0 Å². The lowest BCUT2D eigenvalue weighted by molar-refractivity contribution is -0.125. The van der Waals surface area contributed by atoms with Crippen LogP contribution in [0.15, 0.2) is 0 Å². The summed E-state index contributed by atoms with van der Waals surface area (Å²) in [6.45, 7) is 2.60. The molecule has 0 fully saturated rings. The Bertz CT molecular complexity index is 290. The Morgan fingerprint density at radius 2 is 1.27 bits per heavy atom. The van der Waals surface area contributed by atoms with Gasteiger partial charge in [0, 0.05) is 13.5 Å². The summed E-state index contributed by atoms with van der Waals surface area (Å²) in [5, 5.41) is 8.95. The summed E-state index contributed by atoms with van der Waals surface area (Å²) in [4.78, 5) is 11.7. The third-order valence-corrected chi connectivity index (χ3v) is 4.91. The number of carbonyl (C=O) groups excluding carboxylic acids is 1. The van der Waals surface area contributed by atoms with Crippen molar-refractivity contribution in [1.29, 1.82) is 0 Å². The first-order valence-corrected chi connectivity index (χ1v) is 11.0. The van der Waals surface area contributed by atoms with Gasteiger partial charge in [0.05, 0.1) is 13.2 Å². The lowest BCUT2D eigenvalue weighted by Gasteiger charge is -2.11. The van der Waals surface area contributed by atoms with Gasteiger partial charge in [-0.3, -0.25) is 4.79 Å². The zero-order valence-corrected chi connectivity index (χ0v) is 17.5. The molecule has 0 aromatic rings. The summed E-state index contributed by atoms with van der Waals surface area (Å²) in [7, 11) is 1.53. The zero-order chi connectivity index (χ0) is 19.3. The molecule has 0 bridgehead atoms. The van der Waals surface area contributed by atoms with Gasteiger partial charge in [-0.15, -0.1) is 0 Å². The van der Waals surface area contributed by atoms with E-state index in [1.54, 1.807) is 0 Å². The van der Waals surface area contributed by atoms with Crippen LogP contribution in [0.3, 0.4) is 0 Å². The number of aliphatic hydroxyl groups is 1. The first-order valence-electron chi connectivity index (χ1n) is 11.0. The number of ketones is 1. The summed E-state index contributed by atoms with van der Waals surface area (Å²) in [6, 6.07) is 0. The van der Waals surface area contributed by atoms with Crippen LogP contribution >= 0.6 is 0 Å². The number of unbranched alkanes of at least 4 members (excludes halogenated alkanes) is 13. The third kappa shape index (κ3) is 18.3. The minimum absolute atomic E-state index is 0.0797. The van der Waals surface area contributed by atoms with Crippen molar-refractivity contribution >= 4 is 5.78 Å². The fourth-order valence-electron chi connectivity index (χ4n) is 3.09. The lowest BCUT2D eigenvalue weighted by atomic mass is 10.0. The van der Waals surface area contributed by atoms with E-state index in [9.17, 15) is 4.79 Å². The van der Waals surface area contributed by atoms with Crippen LogP contribution in [0, 0.1) is 0 Å². The highest BCUT2D eigenvalue weighted by molar-refractivity contribution is 5.79. The quantitative estimate of drug-likeness (QED) is 0.272. The zero-order valence-electron chi connectivity index (χ0n) is 17.5. The molecule has 1 N–H and O–H groups in total. The number of aliphatic hydroxyl groups excluding tert-OH is 1. The summed E-state index contributed by atoms with van der Waals surface area (Å²) in [5.41, 5.74) is 0. The Morgan fingerprint density at radius 1 is 0.808 bits per heavy atom.